The highest BCUT2D eigenvalue weighted by Gasteiger charge is 2.04. The lowest BCUT2D eigenvalue weighted by atomic mass is 10.2. The molecular weight excluding hydrogens is 250 g/mol. The molecule has 0 saturated heterocycles. The van der Waals surface area contributed by atoms with Crippen LogP contribution in [0.5, 0.6) is 5.75 Å². The third-order valence-electron chi connectivity index (χ3n) is 2.78. The van der Waals surface area contributed by atoms with Gasteiger partial charge in [0.2, 0.25) is 0 Å². The maximum atomic E-state index is 11.9. The van der Waals surface area contributed by atoms with Gasteiger partial charge >= 0.3 is 0 Å². The predicted octanol–water partition coefficient (Wildman–Crippen LogP) is 3.40. The van der Waals surface area contributed by atoms with Crippen molar-refractivity contribution >= 4 is 5.91 Å². The first kappa shape index (κ1) is 14.1. The van der Waals surface area contributed by atoms with Gasteiger partial charge in [-0.25, -0.2) is 0 Å². The number of carbonyl (C=O) groups is 1. The van der Waals surface area contributed by atoms with E-state index in [9.17, 15) is 4.79 Å². The molecule has 0 aliphatic rings. The van der Waals surface area contributed by atoms with Gasteiger partial charge in [-0.2, -0.15) is 0 Å². The van der Waals surface area contributed by atoms with E-state index in [1.807, 2.05) is 56.3 Å². The first-order chi connectivity index (χ1) is 9.65. The van der Waals surface area contributed by atoms with E-state index < -0.39 is 0 Å². The average Bonchev–Trinajstić information content (AvgIpc) is 2.46. The maximum Gasteiger partial charge on any atom is 0.251 e. The largest absolute Gasteiger partial charge is 0.491 e. The monoisotopic (exact) mass is 269 g/mol. The number of rotatable bonds is 5. The SMILES string of the molecule is CC(C)Oc1ccc(CNC(=O)c2ccccc2)cc1. The Kier molecular flexibility index (Phi) is 4.77. The zero-order valence-corrected chi connectivity index (χ0v) is 11.8. The first-order valence-corrected chi connectivity index (χ1v) is 6.74. The van der Waals surface area contributed by atoms with Crippen LogP contribution in [0.3, 0.4) is 0 Å². The van der Waals surface area contributed by atoms with Crippen molar-refractivity contribution in [1.82, 2.24) is 5.32 Å². The van der Waals surface area contributed by atoms with Gasteiger partial charge in [0, 0.05) is 12.1 Å². The molecule has 1 N–H and O–H groups in total. The van der Waals surface area contributed by atoms with Crippen LogP contribution >= 0.6 is 0 Å². The Labute approximate surface area is 119 Å². The van der Waals surface area contributed by atoms with Crippen LogP contribution in [0.25, 0.3) is 0 Å². The van der Waals surface area contributed by atoms with Crippen molar-refractivity contribution in [3.63, 3.8) is 0 Å². The Morgan fingerprint density at radius 2 is 1.70 bits per heavy atom. The highest BCUT2D eigenvalue weighted by Crippen LogP contribution is 2.13. The normalized spacial score (nSPS) is 10.3. The molecule has 0 aliphatic heterocycles. The smallest absolute Gasteiger partial charge is 0.251 e. The van der Waals surface area contributed by atoms with Crippen LogP contribution in [0.2, 0.25) is 0 Å². The second kappa shape index (κ2) is 6.75. The summed E-state index contributed by atoms with van der Waals surface area (Å²) in [6.07, 6.45) is 0.165. The molecule has 0 aromatic heterocycles. The molecule has 0 unspecified atom stereocenters. The summed E-state index contributed by atoms with van der Waals surface area (Å²) in [7, 11) is 0. The van der Waals surface area contributed by atoms with E-state index in [2.05, 4.69) is 5.32 Å². The third-order valence-corrected chi connectivity index (χ3v) is 2.78. The molecule has 2 aromatic carbocycles. The molecule has 2 aromatic rings. The van der Waals surface area contributed by atoms with E-state index in [1.54, 1.807) is 12.1 Å². The van der Waals surface area contributed by atoms with Gasteiger partial charge in [-0.05, 0) is 43.7 Å². The van der Waals surface area contributed by atoms with Gasteiger partial charge in [-0.1, -0.05) is 30.3 Å². The van der Waals surface area contributed by atoms with Crippen LogP contribution in [-0.2, 0) is 6.54 Å². The Hall–Kier alpha value is -2.29. The summed E-state index contributed by atoms with van der Waals surface area (Å²) in [5.74, 6) is 0.784. The molecule has 0 saturated carbocycles. The number of hydrogen-bond donors (Lipinski definition) is 1. The van der Waals surface area contributed by atoms with Gasteiger partial charge < -0.3 is 10.1 Å². The van der Waals surface area contributed by atoms with Crippen LogP contribution in [0.1, 0.15) is 29.8 Å². The molecule has 2 rings (SSSR count). The zero-order chi connectivity index (χ0) is 14.4. The fourth-order valence-electron chi connectivity index (χ4n) is 1.83. The molecule has 0 aliphatic carbocycles. The molecule has 0 radical (unpaired) electrons. The summed E-state index contributed by atoms with van der Waals surface area (Å²) in [5, 5.41) is 2.90. The van der Waals surface area contributed by atoms with Crippen LogP contribution in [0, 0.1) is 0 Å². The summed E-state index contributed by atoms with van der Waals surface area (Å²) in [6.45, 7) is 4.50. The Morgan fingerprint density at radius 1 is 1.05 bits per heavy atom. The fraction of sp³-hybridized carbons (Fsp3) is 0.235. The van der Waals surface area contributed by atoms with Crippen LogP contribution in [0.4, 0.5) is 0 Å². The predicted molar refractivity (Wildman–Crippen MR) is 79.8 cm³/mol. The lowest BCUT2D eigenvalue weighted by Gasteiger charge is -2.10. The molecule has 1 amide bonds. The van der Waals surface area contributed by atoms with E-state index in [1.165, 1.54) is 0 Å². The summed E-state index contributed by atoms with van der Waals surface area (Å²) in [6, 6.07) is 17.0. The van der Waals surface area contributed by atoms with Crippen molar-refractivity contribution in [3.8, 4) is 5.75 Å². The molecule has 0 heterocycles. The minimum absolute atomic E-state index is 0.0619. The Bertz CT molecular complexity index is 547. The van der Waals surface area contributed by atoms with E-state index in [0.29, 0.717) is 12.1 Å². The molecule has 3 nitrogen and oxygen atoms in total. The van der Waals surface area contributed by atoms with E-state index in [0.717, 1.165) is 11.3 Å². The number of amides is 1. The molecule has 20 heavy (non-hydrogen) atoms. The molecule has 3 heteroatoms. The Morgan fingerprint density at radius 3 is 2.30 bits per heavy atom. The highest BCUT2D eigenvalue weighted by atomic mass is 16.5. The van der Waals surface area contributed by atoms with Gasteiger partial charge in [0.05, 0.1) is 6.10 Å². The second-order valence-electron chi connectivity index (χ2n) is 4.86. The zero-order valence-electron chi connectivity index (χ0n) is 11.8. The van der Waals surface area contributed by atoms with Crippen molar-refractivity contribution < 1.29 is 9.53 Å². The van der Waals surface area contributed by atoms with Crippen molar-refractivity contribution in [3.05, 3.63) is 65.7 Å². The molecular formula is C17H19NO2. The third kappa shape index (κ3) is 4.12. The summed E-state index contributed by atoms with van der Waals surface area (Å²) in [4.78, 5) is 11.9. The molecule has 0 atom stereocenters. The van der Waals surface area contributed by atoms with Gasteiger partial charge in [0.25, 0.3) is 5.91 Å². The summed E-state index contributed by atoms with van der Waals surface area (Å²) in [5.41, 5.74) is 1.72. The second-order valence-corrected chi connectivity index (χ2v) is 4.86. The molecule has 0 spiro atoms. The van der Waals surface area contributed by atoms with E-state index in [-0.39, 0.29) is 12.0 Å². The van der Waals surface area contributed by atoms with Gasteiger partial charge in [0.15, 0.2) is 0 Å². The highest BCUT2D eigenvalue weighted by molar-refractivity contribution is 5.94. The van der Waals surface area contributed by atoms with Gasteiger partial charge in [-0.15, -0.1) is 0 Å². The lowest BCUT2D eigenvalue weighted by molar-refractivity contribution is 0.0951. The maximum absolute atomic E-state index is 11.9. The number of hydrogen-bond acceptors (Lipinski definition) is 2. The van der Waals surface area contributed by atoms with Crippen LogP contribution in [0.15, 0.2) is 54.6 Å². The van der Waals surface area contributed by atoms with Crippen LogP contribution < -0.4 is 10.1 Å². The minimum atomic E-state index is -0.0619. The van der Waals surface area contributed by atoms with Gasteiger partial charge in [0.1, 0.15) is 5.75 Å². The van der Waals surface area contributed by atoms with Crippen molar-refractivity contribution in [2.24, 2.45) is 0 Å². The number of ether oxygens (including phenoxy) is 1. The number of carbonyl (C=O) groups excluding carboxylic acids is 1. The topological polar surface area (TPSA) is 38.3 Å². The summed E-state index contributed by atoms with van der Waals surface area (Å²) >= 11 is 0. The minimum Gasteiger partial charge on any atom is -0.491 e. The van der Waals surface area contributed by atoms with Crippen molar-refractivity contribution in [2.75, 3.05) is 0 Å². The van der Waals surface area contributed by atoms with Gasteiger partial charge in [-0.3, -0.25) is 4.79 Å². The lowest BCUT2D eigenvalue weighted by Crippen LogP contribution is -2.22. The standard InChI is InChI=1S/C17H19NO2/c1-13(2)20-16-10-8-14(9-11-16)12-18-17(19)15-6-4-3-5-7-15/h3-11,13H,12H2,1-2H3,(H,18,19). The van der Waals surface area contributed by atoms with E-state index >= 15 is 0 Å². The summed E-state index contributed by atoms with van der Waals surface area (Å²) < 4.78 is 5.58. The van der Waals surface area contributed by atoms with E-state index in [4.69, 9.17) is 4.74 Å². The fourth-order valence-corrected chi connectivity index (χ4v) is 1.83. The quantitative estimate of drug-likeness (QED) is 0.903. The number of benzene rings is 2. The first-order valence-electron chi connectivity index (χ1n) is 6.74. The average molecular weight is 269 g/mol. The van der Waals surface area contributed by atoms with Crippen molar-refractivity contribution in [2.45, 2.75) is 26.5 Å². The van der Waals surface area contributed by atoms with Crippen molar-refractivity contribution in [1.29, 1.82) is 0 Å². The molecule has 0 bridgehead atoms. The Balaban J connectivity index is 1.89. The number of nitrogens with one attached hydrogen (secondary N) is 1. The molecule has 0 fully saturated rings. The van der Waals surface area contributed by atoms with Crippen LogP contribution in [-0.4, -0.2) is 12.0 Å². The molecule has 104 valence electrons.